The molecule has 0 bridgehead atoms. The third kappa shape index (κ3) is 4.08. The van der Waals surface area contributed by atoms with Crippen LogP contribution in [0.1, 0.15) is 6.92 Å². The van der Waals surface area contributed by atoms with E-state index in [-0.39, 0.29) is 30.7 Å². The summed E-state index contributed by atoms with van der Waals surface area (Å²) in [7, 11) is -3.74. The Hall–Kier alpha value is -1.32. The van der Waals surface area contributed by atoms with Gasteiger partial charge in [0.25, 0.3) is 0 Å². The first-order valence-electron chi connectivity index (χ1n) is 6.16. The average molecular weight is 325 g/mol. The van der Waals surface area contributed by atoms with Gasteiger partial charge in [0.1, 0.15) is 5.75 Å². The van der Waals surface area contributed by atoms with Gasteiger partial charge in [-0.3, -0.25) is 0 Å². The van der Waals surface area contributed by atoms with Gasteiger partial charge in [0.05, 0.1) is 17.6 Å². The molecule has 0 N–H and O–H groups in total. The molecule has 0 radical (unpaired) electrons. The van der Waals surface area contributed by atoms with E-state index < -0.39 is 22.1 Å². The van der Waals surface area contributed by atoms with Crippen molar-refractivity contribution in [2.24, 2.45) is 0 Å². The Morgan fingerprint density at radius 3 is 2.43 bits per heavy atom. The molecular formula is C12H14F3NO4S. The van der Waals surface area contributed by atoms with Crippen molar-refractivity contribution in [3.05, 3.63) is 24.3 Å². The fraction of sp³-hybridized carbons (Fsp3) is 0.500. The van der Waals surface area contributed by atoms with E-state index >= 15 is 0 Å². The molecule has 21 heavy (non-hydrogen) atoms. The van der Waals surface area contributed by atoms with Crippen molar-refractivity contribution in [3.8, 4) is 5.75 Å². The summed E-state index contributed by atoms with van der Waals surface area (Å²) < 4.78 is 71.0. The number of ether oxygens (including phenoxy) is 2. The van der Waals surface area contributed by atoms with Crippen molar-refractivity contribution in [2.75, 3.05) is 19.7 Å². The quantitative estimate of drug-likeness (QED) is 0.853. The molecule has 0 aliphatic carbocycles. The van der Waals surface area contributed by atoms with Gasteiger partial charge in [-0.15, -0.1) is 13.2 Å². The van der Waals surface area contributed by atoms with Crippen molar-refractivity contribution >= 4 is 10.0 Å². The van der Waals surface area contributed by atoms with Crippen molar-refractivity contribution in [1.29, 1.82) is 0 Å². The summed E-state index contributed by atoms with van der Waals surface area (Å²) in [4.78, 5) is -0.0777. The molecular weight excluding hydrogens is 311 g/mol. The molecule has 1 saturated heterocycles. The highest BCUT2D eigenvalue weighted by atomic mass is 32.2. The molecule has 118 valence electrons. The Morgan fingerprint density at radius 2 is 1.90 bits per heavy atom. The molecule has 1 aliphatic heterocycles. The Balaban J connectivity index is 2.17. The number of rotatable bonds is 3. The molecule has 5 nitrogen and oxygen atoms in total. The lowest BCUT2D eigenvalue weighted by Crippen LogP contribution is -2.44. The van der Waals surface area contributed by atoms with E-state index in [0.29, 0.717) is 0 Å². The number of halogens is 3. The lowest BCUT2D eigenvalue weighted by Gasteiger charge is -2.30. The van der Waals surface area contributed by atoms with E-state index in [2.05, 4.69) is 4.74 Å². The summed E-state index contributed by atoms with van der Waals surface area (Å²) in [5.41, 5.74) is 0. The van der Waals surface area contributed by atoms with Gasteiger partial charge in [-0.05, 0) is 31.2 Å². The van der Waals surface area contributed by atoms with Crippen LogP contribution in [0.25, 0.3) is 0 Å². The molecule has 1 atom stereocenters. The molecule has 1 aromatic carbocycles. The first-order valence-corrected chi connectivity index (χ1v) is 7.60. The molecule has 9 heteroatoms. The molecule has 1 fully saturated rings. The van der Waals surface area contributed by atoms with Crippen LogP contribution in [0, 0.1) is 0 Å². The van der Waals surface area contributed by atoms with Crippen LogP contribution in [0.3, 0.4) is 0 Å². The minimum Gasteiger partial charge on any atom is -0.406 e. The molecule has 0 spiro atoms. The van der Waals surface area contributed by atoms with Gasteiger partial charge in [0, 0.05) is 13.1 Å². The Bertz CT molecular complexity index is 586. The second-order valence-electron chi connectivity index (χ2n) is 4.56. The van der Waals surface area contributed by atoms with Gasteiger partial charge < -0.3 is 9.47 Å². The van der Waals surface area contributed by atoms with Crippen molar-refractivity contribution < 1.29 is 31.1 Å². The topological polar surface area (TPSA) is 55.8 Å². The predicted octanol–water partition coefficient (Wildman–Crippen LogP) is 1.99. The van der Waals surface area contributed by atoms with E-state index in [0.717, 1.165) is 24.3 Å². The average Bonchev–Trinajstić information content (AvgIpc) is 2.37. The fourth-order valence-corrected chi connectivity index (χ4v) is 3.47. The Morgan fingerprint density at radius 1 is 1.29 bits per heavy atom. The summed E-state index contributed by atoms with van der Waals surface area (Å²) in [6.07, 6.45) is -5.03. The normalized spacial score (nSPS) is 21.2. The summed E-state index contributed by atoms with van der Waals surface area (Å²) in [6.45, 7) is 2.47. The first-order chi connectivity index (χ1) is 9.68. The number of benzene rings is 1. The van der Waals surface area contributed by atoms with Crippen LogP contribution in [-0.2, 0) is 14.8 Å². The van der Waals surface area contributed by atoms with Crippen molar-refractivity contribution in [3.63, 3.8) is 0 Å². The molecule has 0 saturated carbocycles. The summed E-state index contributed by atoms with van der Waals surface area (Å²) in [6, 6.07) is 4.14. The fourth-order valence-electron chi connectivity index (χ4n) is 1.97. The monoisotopic (exact) mass is 325 g/mol. The van der Waals surface area contributed by atoms with Gasteiger partial charge in [-0.25, -0.2) is 8.42 Å². The maximum Gasteiger partial charge on any atom is 0.573 e. The predicted molar refractivity (Wildman–Crippen MR) is 67.3 cm³/mol. The Kier molecular flexibility index (Phi) is 4.45. The van der Waals surface area contributed by atoms with Crippen LogP contribution in [0.15, 0.2) is 29.2 Å². The van der Waals surface area contributed by atoms with E-state index in [4.69, 9.17) is 4.74 Å². The van der Waals surface area contributed by atoms with E-state index in [1.165, 1.54) is 4.31 Å². The van der Waals surface area contributed by atoms with Gasteiger partial charge >= 0.3 is 6.36 Å². The van der Waals surface area contributed by atoms with Crippen molar-refractivity contribution in [1.82, 2.24) is 4.31 Å². The lowest BCUT2D eigenvalue weighted by molar-refractivity contribution is -0.274. The van der Waals surface area contributed by atoms with Crippen molar-refractivity contribution in [2.45, 2.75) is 24.3 Å². The van der Waals surface area contributed by atoms with E-state index in [9.17, 15) is 21.6 Å². The summed E-state index contributed by atoms with van der Waals surface area (Å²) >= 11 is 0. The Labute approximate surface area is 120 Å². The lowest BCUT2D eigenvalue weighted by atomic mass is 10.3. The highest BCUT2D eigenvalue weighted by Crippen LogP contribution is 2.25. The summed E-state index contributed by atoms with van der Waals surface area (Å²) in [5.74, 6) is -0.461. The zero-order valence-corrected chi connectivity index (χ0v) is 11.9. The van der Waals surface area contributed by atoms with E-state index in [1.807, 2.05) is 0 Å². The van der Waals surface area contributed by atoms with Gasteiger partial charge in [0.2, 0.25) is 10.0 Å². The van der Waals surface area contributed by atoms with Crippen LogP contribution in [0.4, 0.5) is 13.2 Å². The SMILES string of the molecule is CC1CN(S(=O)(=O)c2ccc(OC(F)(F)F)cc2)CCO1. The largest absolute Gasteiger partial charge is 0.573 e. The minimum atomic E-state index is -4.81. The summed E-state index contributed by atoms with van der Waals surface area (Å²) in [5, 5.41) is 0. The van der Waals surface area contributed by atoms with Gasteiger partial charge in [0.15, 0.2) is 0 Å². The smallest absolute Gasteiger partial charge is 0.406 e. The molecule has 2 rings (SSSR count). The zero-order chi connectivity index (χ0) is 15.7. The highest BCUT2D eigenvalue weighted by Gasteiger charge is 2.32. The first kappa shape index (κ1) is 16.1. The molecule has 1 aromatic rings. The van der Waals surface area contributed by atoms with Crippen LogP contribution >= 0.6 is 0 Å². The van der Waals surface area contributed by atoms with Crippen LogP contribution in [0.2, 0.25) is 0 Å². The maximum absolute atomic E-state index is 12.3. The molecule has 1 heterocycles. The number of nitrogens with zero attached hydrogens (tertiary/aromatic N) is 1. The van der Waals surface area contributed by atoms with E-state index in [1.54, 1.807) is 6.92 Å². The number of alkyl halides is 3. The van der Waals surface area contributed by atoms with Crippen LogP contribution in [0.5, 0.6) is 5.75 Å². The van der Waals surface area contributed by atoms with Crippen LogP contribution < -0.4 is 4.74 Å². The molecule has 0 aromatic heterocycles. The molecule has 1 unspecified atom stereocenters. The number of hydrogen-bond donors (Lipinski definition) is 0. The number of morpholine rings is 1. The van der Waals surface area contributed by atoms with Gasteiger partial charge in [-0.2, -0.15) is 4.31 Å². The molecule has 1 aliphatic rings. The third-order valence-electron chi connectivity index (χ3n) is 2.90. The zero-order valence-electron chi connectivity index (χ0n) is 11.1. The van der Waals surface area contributed by atoms with Crippen LogP contribution in [-0.4, -0.2) is 44.9 Å². The number of sulfonamides is 1. The third-order valence-corrected chi connectivity index (χ3v) is 4.78. The second-order valence-corrected chi connectivity index (χ2v) is 6.50. The van der Waals surface area contributed by atoms with Gasteiger partial charge in [-0.1, -0.05) is 0 Å². The highest BCUT2D eigenvalue weighted by molar-refractivity contribution is 7.89. The standard InChI is InChI=1S/C12H14F3NO4S/c1-9-8-16(6-7-19-9)21(17,18)11-4-2-10(3-5-11)20-12(13,14)15/h2-5,9H,6-8H2,1H3. The molecule has 0 amide bonds. The minimum absolute atomic E-state index is 0.0777. The second kappa shape index (κ2) is 5.82. The number of hydrogen-bond acceptors (Lipinski definition) is 4. The maximum atomic E-state index is 12.3.